The SMILES string of the molecule is CCCC(NC(=O)C1CC2(CN1C(=O)C(NC(=O)C(NC(=O)c1cnccn1)C1CCCCC1)C(C)(C)C)NC(=O)NC2=O)C(=O)C(=O)NC1CC1. The molecule has 17 heteroatoms. The van der Waals surface area contributed by atoms with Gasteiger partial charge in [0, 0.05) is 24.9 Å². The van der Waals surface area contributed by atoms with Gasteiger partial charge in [-0.25, -0.2) is 9.78 Å². The van der Waals surface area contributed by atoms with Crippen LogP contribution in [0.5, 0.6) is 0 Å². The molecular formula is C35H49N9O8. The van der Waals surface area contributed by atoms with Gasteiger partial charge < -0.3 is 31.5 Å². The number of amides is 8. The number of nitrogens with zero attached hydrogens (tertiary/aromatic N) is 3. The second kappa shape index (κ2) is 15.7. The third-order valence-corrected chi connectivity index (χ3v) is 10.2. The molecule has 0 bridgehead atoms. The van der Waals surface area contributed by atoms with E-state index < -0.39 is 88.9 Å². The van der Waals surface area contributed by atoms with Crippen LogP contribution in [0.3, 0.4) is 0 Å². The van der Waals surface area contributed by atoms with E-state index in [-0.39, 0.29) is 30.5 Å². The zero-order chi connectivity index (χ0) is 37.8. The first-order valence-electron chi connectivity index (χ1n) is 18.1. The molecule has 0 aromatic carbocycles. The number of aromatic nitrogens is 2. The average Bonchev–Trinajstić information content (AvgIpc) is 3.77. The van der Waals surface area contributed by atoms with Crippen molar-refractivity contribution in [3.05, 3.63) is 24.3 Å². The summed E-state index contributed by atoms with van der Waals surface area (Å²) in [6, 6.07) is -5.69. The minimum atomic E-state index is -1.65. The molecule has 1 aromatic heterocycles. The fourth-order valence-electron chi connectivity index (χ4n) is 7.17. The fourth-order valence-corrected chi connectivity index (χ4v) is 7.17. The summed E-state index contributed by atoms with van der Waals surface area (Å²) in [4.78, 5) is 116. The van der Waals surface area contributed by atoms with Crippen LogP contribution in [0.2, 0.25) is 0 Å². The van der Waals surface area contributed by atoms with Gasteiger partial charge >= 0.3 is 6.03 Å². The molecule has 8 amide bonds. The van der Waals surface area contributed by atoms with Gasteiger partial charge in [-0.2, -0.15) is 0 Å². The van der Waals surface area contributed by atoms with E-state index in [9.17, 15) is 38.4 Å². The van der Waals surface area contributed by atoms with Gasteiger partial charge in [-0.05, 0) is 43.4 Å². The number of nitrogens with one attached hydrogen (secondary N) is 6. The maximum Gasteiger partial charge on any atom is 0.322 e. The third kappa shape index (κ3) is 8.73. The van der Waals surface area contributed by atoms with Crippen molar-refractivity contribution in [1.82, 2.24) is 46.8 Å². The van der Waals surface area contributed by atoms with Gasteiger partial charge in [-0.3, -0.25) is 43.9 Å². The Bertz CT molecular complexity index is 1590. The van der Waals surface area contributed by atoms with Gasteiger partial charge in [0.15, 0.2) is 0 Å². The van der Waals surface area contributed by atoms with Crippen LogP contribution in [-0.4, -0.2) is 104 Å². The summed E-state index contributed by atoms with van der Waals surface area (Å²) in [6.07, 6.45) is 9.96. The minimum Gasteiger partial charge on any atom is -0.347 e. The molecule has 4 aliphatic rings. The van der Waals surface area contributed by atoms with Crippen molar-refractivity contribution < 1.29 is 38.4 Å². The third-order valence-electron chi connectivity index (χ3n) is 10.2. The molecule has 3 heterocycles. The molecule has 5 atom stereocenters. The van der Waals surface area contributed by atoms with Crippen LogP contribution in [0.4, 0.5) is 4.79 Å². The molecule has 52 heavy (non-hydrogen) atoms. The first kappa shape index (κ1) is 38.3. The number of urea groups is 1. The number of Topliss-reactive ketones (excluding diaryl/α,β-unsaturated/α-hetero) is 1. The molecule has 2 aliphatic heterocycles. The van der Waals surface area contributed by atoms with E-state index in [1.54, 1.807) is 27.7 Å². The van der Waals surface area contributed by atoms with Crippen molar-refractivity contribution in [3.8, 4) is 0 Å². The van der Waals surface area contributed by atoms with E-state index in [0.717, 1.165) is 37.0 Å². The van der Waals surface area contributed by atoms with Crippen molar-refractivity contribution in [2.24, 2.45) is 11.3 Å². The molecule has 4 fully saturated rings. The number of carbonyl (C=O) groups is 8. The Balaban J connectivity index is 1.41. The first-order chi connectivity index (χ1) is 24.6. The molecule has 282 valence electrons. The number of hydrogen-bond donors (Lipinski definition) is 6. The molecule has 0 radical (unpaired) electrons. The molecule has 1 spiro atoms. The van der Waals surface area contributed by atoms with Crippen LogP contribution < -0.4 is 31.9 Å². The van der Waals surface area contributed by atoms with Crippen LogP contribution in [0.15, 0.2) is 18.6 Å². The Morgan fingerprint density at radius 1 is 0.981 bits per heavy atom. The van der Waals surface area contributed by atoms with Gasteiger partial charge in [0.2, 0.25) is 23.5 Å². The molecule has 6 N–H and O–H groups in total. The lowest BCUT2D eigenvalue weighted by Gasteiger charge is -2.37. The van der Waals surface area contributed by atoms with E-state index in [1.807, 2.05) is 0 Å². The van der Waals surface area contributed by atoms with E-state index in [0.29, 0.717) is 19.3 Å². The second-order valence-corrected chi connectivity index (χ2v) is 15.4. The van der Waals surface area contributed by atoms with Crippen molar-refractivity contribution in [2.45, 2.75) is 128 Å². The summed E-state index contributed by atoms with van der Waals surface area (Å²) < 4.78 is 0. The average molecular weight is 724 g/mol. The van der Waals surface area contributed by atoms with Gasteiger partial charge in [-0.15, -0.1) is 0 Å². The normalized spacial score (nSPS) is 23.5. The van der Waals surface area contributed by atoms with Crippen molar-refractivity contribution in [1.29, 1.82) is 0 Å². The van der Waals surface area contributed by atoms with Crippen molar-refractivity contribution in [2.75, 3.05) is 6.54 Å². The highest BCUT2D eigenvalue weighted by Gasteiger charge is 2.58. The monoisotopic (exact) mass is 723 g/mol. The number of carbonyl (C=O) groups excluding carboxylic acids is 8. The van der Waals surface area contributed by atoms with Gasteiger partial charge in [0.1, 0.15) is 29.4 Å². The fraction of sp³-hybridized carbons (Fsp3) is 0.657. The summed E-state index contributed by atoms with van der Waals surface area (Å²) in [6.45, 7) is 6.57. The second-order valence-electron chi connectivity index (χ2n) is 15.4. The molecule has 2 saturated carbocycles. The predicted molar refractivity (Wildman–Crippen MR) is 184 cm³/mol. The smallest absolute Gasteiger partial charge is 0.322 e. The molecule has 5 rings (SSSR count). The summed E-state index contributed by atoms with van der Waals surface area (Å²) in [5.41, 5.74) is -2.57. The summed E-state index contributed by atoms with van der Waals surface area (Å²) in [7, 11) is 0. The highest BCUT2D eigenvalue weighted by Crippen LogP contribution is 2.34. The van der Waals surface area contributed by atoms with E-state index in [1.165, 1.54) is 18.6 Å². The Morgan fingerprint density at radius 2 is 1.69 bits per heavy atom. The zero-order valence-electron chi connectivity index (χ0n) is 30.1. The maximum atomic E-state index is 14.6. The topological polar surface area (TPSA) is 238 Å². The zero-order valence-corrected chi connectivity index (χ0v) is 30.1. The Labute approximate surface area is 302 Å². The van der Waals surface area contributed by atoms with E-state index in [2.05, 4.69) is 41.9 Å². The number of likely N-dealkylation sites (tertiary alicyclic amines) is 1. The number of imide groups is 1. The molecule has 2 aliphatic carbocycles. The van der Waals surface area contributed by atoms with Crippen LogP contribution >= 0.6 is 0 Å². The number of rotatable bonds is 13. The predicted octanol–water partition coefficient (Wildman–Crippen LogP) is -0.00210. The lowest BCUT2D eigenvalue weighted by molar-refractivity contribution is -0.145. The molecule has 2 saturated heterocycles. The number of ketones is 1. The van der Waals surface area contributed by atoms with Gasteiger partial charge in [0.25, 0.3) is 17.7 Å². The summed E-state index contributed by atoms with van der Waals surface area (Å²) >= 11 is 0. The first-order valence-corrected chi connectivity index (χ1v) is 18.1. The highest BCUT2D eigenvalue weighted by atomic mass is 16.2. The Hall–Kier alpha value is -4.96. The lowest BCUT2D eigenvalue weighted by atomic mass is 9.82. The van der Waals surface area contributed by atoms with Crippen LogP contribution in [0.1, 0.15) is 102 Å². The van der Waals surface area contributed by atoms with Gasteiger partial charge in [-0.1, -0.05) is 53.4 Å². The van der Waals surface area contributed by atoms with E-state index >= 15 is 0 Å². The molecular weight excluding hydrogens is 674 g/mol. The molecule has 1 aromatic rings. The van der Waals surface area contributed by atoms with Crippen LogP contribution in [0, 0.1) is 11.3 Å². The summed E-state index contributed by atoms with van der Waals surface area (Å²) in [5.74, 6) is -5.28. The van der Waals surface area contributed by atoms with Crippen LogP contribution in [-0.2, 0) is 28.8 Å². The molecule has 5 unspecified atom stereocenters. The van der Waals surface area contributed by atoms with Crippen LogP contribution in [0.25, 0.3) is 0 Å². The quantitative estimate of drug-likeness (QED) is 0.118. The Morgan fingerprint density at radius 3 is 2.27 bits per heavy atom. The maximum absolute atomic E-state index is 14.6. The van der Waals surface area contributed by atoms with E-state index in [4.69, 9.17) is 0 Å². The lowest BCUT2D eigenvalue weighted by Crippen LogP contribution is -2.62. The highest BCUT2D eigenvalue weighted by molar-refractivity contribution is 6.38. The standard InChI is InChI=1S/C35H49N9O8/c1-5-9-21(25(45)30(49)38-20-12-13-20)39-28(47)23-16-35(32(51)42-33(52)43-35)18-44(23)31(50)26(34(2,3)4)41-29(48)24(19-10-7-6-8-11-19)40-27(46)22-17-36-14-15-37-22/h14-15,17,19-21,23-24,26H,5-13,16,18H2,1-4H3,(H,38,49)(H,39,47)(H,40,46)(H,41,48)(H2,42,43,51,52). The largest absolute Gasteiger partial charge is 0.347 e. The van der Waals surface area contributed by atoms with Gasteiger partial charge in [0.05, 0.1) is 18.8 Å². The van der Waals surface area contributed by atoms with Crippen molar-refractivity contribution in [3.63, 3.8) is 0 Å². The summed E-state index contributed by atoms with van der Waals surface area (Å²) in [5, 5.41) is 15.7. The Kier molecular flexibility index (Phi) is 11.6. The molecule has 17 nitrogen and oxygen atoms in total. The minimum absolute atomic E-state index is 0.0255. The van der Waals surface area contributed by atoms with Crippen molar-refractivity contribution >= 4 is 47.3 Å². The number of hydrogen-bond acceptors (Lipinski definition) is 10.